The highest BCUT2D eigenvalue weighted by molar-refractivity contribution is 5.86. The minimum absolute atomic E-state index is 0.109. The number of rotatable bonds is 13. The molecule has 4 amide bonds. The lowest BCUT2D eigenvalue weighted by atomic mass is 10.0. The lowest BCUT2D eigenvalue weighted by Gasteiger charge is -2.30. The number of likely N-dealkylation sites (tertiary alicyclic amines) is 2. The first kappa shape index (κ1) is 40.5. The molecule has 0 spiro atoms. The van der Waals surface area contributed by atoms with Gasteiger partial charge in [-0.15, -0.1) is 0 Å². The molecule has 16 nitrogen and oxygen atoms in total. The summed E-state index contributed by atoms with van der Waals surface area (Å²) in [5.41, 5.74) is 11.1. The van der Waals surface area contributed by atoms with Crippen LogP contribution in [0.4, 0.5) is 9.59 Å². The molecule has 0 bridgehead atoms. The lowest BCUT2D eigenvalue weighted by Crippen LogP contribution is -2.51. The summed E-state index contributed by atoms with van der Waals surface area (Å²) in [4.78, 5) is 73.0. The molecular formula is C42H53N9O7. The molecule has 0 saturated carbocycles. The Morgan fingerprint density at radius 2 is 1.29 bits per heavy atom. The van der Waals surface area contributed by atoms with Crippen LogP contribution in [0.5, 0.6) is 0 Å². The van der Waals surface area contributed by atoms with Crippen molar-refractivity contribution in [1.29, 1.82) is 0 Å². The molecule has 4 aromatic rings. The number of ether oxygens (including phenoxy) is 3. The average Bonchev–Trinajstić information content (AvgIpc) is 4.08. The van der Waals surface area contributed by atoms with Gasteiger partial charge in [0.05, 0.1) is 56.2 Å². The monoisotopic (exact) mass is 795 g/mol. The van der Waals surface area contributed by atoms with Gasteiger partial charge in [-0.25, -0.2) is 19.6 Å². The number of benzene rings is 2. The van der Waals surface area contributed by atoms with Gasteiger partial charge in [-0.05, 0) is 53.9 Å². The molecule has 4 atom stereocenters. The van der Waals surface area contributed by atoms with Gasteiger partial charge in [-0.3, -0.25) is 14.5 Å². The number of H-pyrrole nitrogens is 2. The number of morpholine rings is 1. The number of nitrogens with zero attached hydrogens (tertiary/aromatic N) is 5. The molecule has 5 N–H and O–H groups in total. The number of aromatic nitrogens is 4. The second kappa shape index (κ2) is 18.2. The second-order valence-corrected chi connectivity index (χ2v) is 15.4. The van der Waals surface area contributed by atoms with Crippen molar-refractivity contribution in [3.63, 3.8) is 0 Å². The minimum atomic E-state index is -0.962. The first-order chi connectivity index (χ1) is 28.1. The van der Waals surface area contributed by atoms with Crippen LogP contribution in [0.25, 0.3) is 33.6 Å². The molecule has 2 unspecified atom stereocenters. The van der Waals surface area contributed by atoms with Gasteiger partial charge in [0, 0.05) is 39.1 Å². The fourth-order valence-corrected chi connectivity index (χ4v) is 8.18. The maximum Gasteiger partial charge on any atom is 0.407 e. The maximum atomic E-state index is 13.7. The Balaban J connectivity index is 0.980. The van der Waals surface area contributed by atoms with Crippen molar-refractivity contribution in [2.75, 3.05) is 53.0 Å². The van der Waals surface area contributed by atoms with Gasteiger partial charge in [0.15, 0.2) is 6.10 Å². The van der Waals surface area contributed by atoms with Gasteiger partial charge in [0.2, 0.25) is 5.91 Å². The molecular weight excluding hydrogens is 743 g/mol. The van der Waals surface area contributed by atoms with Crippen molar-refractivity contribution in [3.8, 4) is 33.6 Å². The van der Waals surface area contributed by atoms with Crippen molar-refractivity contribution >= 4 is 24.0 Å². The normalized spacial score (nSPS) is 19.6. The number of carbonyl (C=O) groups is 4. The van der Waals surface area contributed by atoms with E-state index in [9.17, 15) is 19.2 Å². The number of nitrogens with two attached hydrogens (primary N) is 1. The van der Waals surface area contributed by atoms with Crippen LogP contribution in [0.1, 0.15) is 69.7 Å². The Hall–Kier alpha value is -5.74. The Bertz CT molecular complexity index is 2040. The number of nitrogens with one attached hydrogen (secondary N) is 3. The molecule has 3 aliphatic rings. The Labute approximate surface area is 337 Å². The molecule has 58 heavy (non-hydrogen) atoms. The number of hydrogen-bond donors (Lipinski definition) is 4. The summed E-state index contributed by atoms with van der Waals surface area (Å²) in [6.07, 6.45) is 4.57. The van der Waals surface area contributed by atoms with E-state index in [2.05, 4.69) is 54.4 Å². The fourth-order valence-electron chi connectivity index (χ4n) is 8.18. The van der Waals surface area contributed by atoms with E-state index < -0.39 is 24.3 Å². The molecule has 16 heteroatoms. The predicted octanol–water partition coefficient (Wildman–Crippen LogP) is 5.03. The molecule has 0 aliphatic carbocycles. The van der Waals surface area contributed by atoms with Gasteiger partial charge in [0.25, 0.3) is 5.91 Å². The highest BCUT2D eigenvalue weighted by Gasteiger charge is 2.39. The molecule has 2 aromatic carbocycles. The van der Waals surface area contributed by atoms with Crippen molar-refractivity contribution in [3.05, 3.63) is 72.6 Å². The van der Waals surface area contributed by atoms with E-state index in [0.717, 1.165) is 78.2 Å². The summed E-state index contributed by atoms with van der Waals surface area (Å²) in [6.45, 7) is 8.35. The zero-order valence-corrected chi connectivity index (χ0v) is 33.3. The number of methoxy groups -OCH3 is 1. The number of alkyl carbamates (subject to hydrolysis) is 1. The zero-order chi connectivity index (χ0) is 40.8. The van der Waals surface area contributed by atoms with Crippen LogP contribution >= 0.6 is 0 Å². The number of imidazole rings is 2. The van der Waals surface area contributed by atoms with E-state index in [4.69, 9.17) is 19.9 Å². The molecule has 3 saturated heterocycles. The molecule has 308 valence electrons. The number of aromatic amines is 2. The summed E-state index contributed by atoms with van der Waals surface area (Å²) in [6, 6.07) is 15.3. The third kappa shape index (κ3) is 9.18. The van der Waals surface area contributed by atoms with E-state index in [1.807, 2.05) is 38.1 Å². The van der Waals surface area contributed by atoms with Crippen LogP contribution in [0.3, 0.4) is 0 Å². The topological polar surface area (TPSA) is 201 Å². The lowest BCUT2D eigenvalue weighted by molar-refractivity contribution is -0.142. The predicted molar refractivity (Wildman–Crippen MR) is 215 cm³/mol. The van der Waals surface area contributed by atoms with Gasteiger partial charge in [-0.2, -0.15) is 0 Å². The number of amides is 4. The Morgan fingerprint density at radius 3 is 1.78 bits per heavy atom. The zero-order valence-electron chi connectivity index (χ0n) is 33.3. The van der Waals surface area contributed by atoms with Crippen LogP contribution in [0, 0.1) is 5.92 Å². The summed E-state index contributed by atoms with van der Waals surface area (Å²) in [5, 5.41) is 2.69. The fraction of sp³-hybridized carbons (Fsp3) is 0.476. The standard InChI is InChI=1S/C42H53N9O7/c1-26(2)36(48-42(55)56-3)40(53)51-18-5-7-34(51)38-45-25-32(47-38)30-14-10-28(11-15-30)27-8-12-29(13-9-27)31-24-44-37(46-31)33-6-4-17-50(33)39(52)35(58-41(43)54)16-19-49-20-22-57-23-21-49/h8-15,24-26,33-36H,4-7,16-23H2,1-3H3,(H2,43,54)(H,44,46)(H,45,47)(H,48,55)/t33-,34-,35?,36?/m0/s1. The average molecular weight is 796 g/mol. The molecule has 5 heterocycles. The minimum Gasteiger partial charge on any atom is -0.453 e. The van der Waals surface area contributed by atoms with Crippen LogP contribution < -0.4 is 11.1 Å². The summed E-state index contributed by atoms with van der Waals surface area (Å²) in [5.74, 6) is 0.901. The Morgan fingerprint density at radius 1 is 0.793 bits per heavy atom. The van der Waals surface area contributed by atoms with Gasteiger partial charge >= 0.3 is 12.2 Å². The quantitative estimate of drug-likeness (QED) is 0.142. The van der Waals surface area contributed by atoms with E-state index >= 15 is 0 Å². The molecule has 2 aromatic heterocycles. The van der Waals surface area contributed by atoms with Crippen LogP contribution in [-0.4, -0.2) is 124 Å². The van der Waals surface area contributed by atoms with Crippen molar-refractivity contribution in [2.24, 2.45) is 11.7 Å². The van der Waals surface area contributed by atoms with Crippen LogP contribution in [0.2, 0.25) is 0 Å². The van der Waals surface area contributed by atoms with E-state index in [1.165, 1.54) is 7.11 Å². The first-order valence-corrected chi connectivity index (χ1v) is 20.1. The third-order valence-corrected chi connectivity index (χ3v) is 11.4. The molecule has 3 aliphatic heterocycles. The maximum absolute atomic E-state index is 13.7. The van der Waals surface area contributed by atoms with Crippen LogP contribution in [-0.2, 0) is 23.8 Å². The largest absolute Gasteiger partial charge is 0.453 e. The van der Waals surface area contributed by atoms with E-state index in [0.29, 0.717) is 45.1 Å². The SMILES string of the molecule is COC(=O)NC(C(=O)N1CCC[C@H]1c1ncc(-c2ccc(-c3ccc(-c4cnc([C@@H]5CCCN5C(=O)C(CCN5CCOCC5)OC(N)=O)[nH]4)cc3)cc2)[nH]1)C(C)C. The van der Waals surface area contributed by atoms with Gasteiger partial charge < -0.3 is 45.0 Å². The van der Waals surface area contributed by atoms with Crippen molar-refractivity contribution in [1.82, 2.24) is 40.0 Å². The third-order valence-electron chi connectivity index (χ3n) is 11.4. The van der Waals surface area contributed by atoms with Crippen molar-refractivity contribution < 1.29 is 33.4 Å². The molecule has 0 radical (unpaired) electrons. The molecule has 3 fully saturated rings. The smallest absolute Gasteiger partial charge is 0.407 e. The Kier molecular flexibility index (Phi) is 12.7. The highest BCUT2D eigenvalue weighted by atomic mass is 16.6. The number of hydrogen-bond acceptors (Lipinski definition) is 10. The summed E-state index contributed by atoms with van der Waals surface area (Å²) < 4.78 is 15.5. The number of primary amides is 1. The summed E-state index contributed by atoms with van der Waals surface area (Å²) >= 11 is 0. The second-order valence-electron chi connectivity index (χ2n) is 15.4. The highest BCUT2D eigenvalue weighted by Crippen LogP contribution is 2.35. The van der Waals surface area contributed by atoms with Gasteiger partial charge in [0.1, 0.15) is 17.7 Å². The summed E-state index contributed by atoms with van der Waals surface area (Å²) in [7, 11) is 1.29. The van der Waals surface area contributed by atoms with E-state index in [-0.39, 0.29) is 29.8 Å². The van der Waals surface area contributed by atoms with Crippen LogP contribution in [0.15, 0.2) is 60.9 Å². The van der Waals surface area contributed by atoms with E-state index in [1.54, 1.807) is 22.2 Å². The first-order valence-electron chi connectivity index (χ1n) is 20.1. The number of carbonyl (C=O) groups excluding carboxylic acids is 4. The molecule has 7 rings (SSSR count). The van der Waals surface area contributed by atoms with Gasteiger partial charge in [-0.1, -0.05) is 62.4 Å². The van der Waals surface area contributed by atoms with Crippen molar-refractivity contribution in [2.45, 2.75) is 70.2 Å².